The second kappa shape index (κ2) is 5.14. The van der Waals surface area contributed by atoms with Gasteiger partial charge in [-0.2, -0.15) is 0 Å². The molecule has 0 aliphatic carbocycles. The van der Waals surface area contributed by atoms with E-state index >= 15 is 0 Å². The number of hydrogen-bond donors (Lipinski definition) is 0. The number of nitrogens with zero attached hydrogens (tertiary/aromatic N) is 2. The molecule has 18 heavy (non-hydrogen) atoms. The standard InChI is InChI=1S/C10H10BrClN2O3S/c11-8-1-2-13-9(4-8)14-5-7(3-10(14)15)6-18(12,16)17/h1-2,4,7H,3,5-6H2. The normalized spacial score (nSPS) is 20.4. The lowest BCUT2D eigenvalue weighted by atomic mass is 10.1. The minimum absolute atomic E-state index is 0.133. The molecule has 1 fully saturated rings. The Kier molecular flexibility index (Phi) is 3.93. The molecule has 0 N–H and O–H groups in total. The van der Waals surface area contributed by atoms with E-state index in [1.807, 2.05) is 0 Å². The van der Waals surface area contributed by atoms with Gasteiger partial charge in [-0.1, -0.05) is 15.9 Å². The largest absolute Gasteiger partial charge is 0.296 e. The van der Waals surface area contributed by atoms with E-state index in [2.05, 4.69) is 20.9 Å². The molecule has 1 aliphatic rings. The molecule has 2 rings (SSSR count). The molecule has 1 aromatic rings. The maximum absolute atomic E-state index is 11.8. The van der Waals surface area contributed by atoms with E-state index in [1.165, 1.54) is 4.90 Å². The van der Waals surface area contributed by atoms with Crippen molar-refractivity contribution >= 4 is 47.4 Å². The number of amides is 1. The first-order valence-electron chi connectivity index (χ1n) is 5.19. The molecule has 1 unspecified atom stereocenters. The number of carbonyl (C=O) groups excluding carboxylic acids is 1. The molecule has 1 amide bonds. The first-order valence-corrected chi connectivity index (χ1v) is 8.46. The van der Waals surface area contributed by atoms with Crippen molar-refractivity contribution in [3.05, 3.63) is 22.8 Å². The van der Waals surface area contributed by atoms with Crippen LogP contribution in [0, 0.1) is 5.92 Å². The van der Waals surface area contributed by atoms with E-state index in [0.717, 1.165) is 4.47 Å². The number of anilines is 1. The minimum atomic E-state index is -3.58. The van der Waals surface area contributed by atoms with E-state index in [9.17, 15) is 13.2 Å². The van der Waals surface area contributed by atoms with Crippen LogP contribution in [0.15, 0.2) is 22.8 Å². The van der Waals surface area contributed by atoms with Gasteiger partial charge in [0.2, 0.25) is 15.0 Å². The van der Waals surface area contributed by atoms with Crippen LogP contribution in [0.2, 0.25) is 0 Å². The number of pyridine rings is 1. The van der Waals surface area contributed by atoms with Gasteiger partial charge in [-0.25, -0.2) is 13.4 Å². The Morgan fingerprint density at radius 3 is 2.89 bits per heavy atom. The molecular weight excluding hydrogens is 344 g/mol. The lowest BCUT2D eigenvalue weighted by Gasteiger charge is -2.15. The summed E-state index contributed by atoms with van der Waals surface area (Å²) in [6.07, 6.45) is 1.76. The first kappa shape index (κ1) is 13.8. The second-order valence-electron chi connectivity index (χ2n) is 4.11. The molecule has 1 aliphatic heterocycles. The van der Waals surface area contributed by atoms with Gasteiger partial charge in [0.05, 0.1) is 5.75 Å². The highest BCUT2D eigenvalue weighted by Gasteiger charge is 2.33. The highest BCUT2D eigenvalue weighted by atomic mass is 79.9. The summed E-state index contributed by atoms with van der Waals surface area (Å²) < 4.78 is 22.8. The zero-order valence-corrected chi connectivity index (χ0v) is 12.4. The van der Waals surface area contributed by atoms with Gasteiger partial charge in [-0.05, 0) is 12.1 Å². The summed E-state index contributed by atoms with van der Waals surface area (Å²) in [4.78, 5) is 17.4. The summed E-state index contributed by atoms with van der Waals surface area (Å²) in [7, 11) is 1.62. The Morgan fingerprint density at radius 1 is 1.56 bits per heavy atom. The number of carbonyl (C=O) groups is 1. The van der Waals surface area contributed by atoms with Crippen molar-refractivity contribution in [2.45, 2.75) is 6.42 Å². The van der Waals surface area contributed by atoms with Gasteiger partial charge in [-0.15, -0.1) is 0 Å². The average molecular weight is 354 g/mol. The third-order valence-corrected chi connectivity index (χ3v) is 4.36. The summed E-state index contributed by atoms with van der Waals surface area (Å²) in [5.74, 6) is -0.0827. The van der Waals surface area contributed by atoms with Gasteiger partial charge in [-0.3, -0.25) is 9.69 Å². The van der Waals surface area contributed by atoms with Crippen LogP contribution in [0.4, 0.5) is 5.82 Å². The van der Waals surface area contributed by atoms with E-state index in [-0.39, 0.29) is 24.0 Å². The number of halogens is 2. The topological polar surface area (TPSA) is 67.3 Å². The molecule has 8 heteroatoms. The third-order valence-electron chi connectivity index (χ3n) is 2.62. The average Bonchev–Trinajstić information content (AvgIpc) is 2.56. The summed E-state index contributed by atoms with van der Waals surface area (Å²) >= 11 is 3.30. The van der Waals surface area contributed by atoms with Crippen LogP contribution in [-0.4, -0.2) is 31.6 Å². The molecule has 98 valence electrons. The van der Waals surface area contributed by atoms with Gasteiger partial charge in [0.1, 0.15) is 5.82 Å². The van der Waals surface area contributed by atoms with Crippen LogP contribution in [0.3, 0.4) is 0 Å². The maximum Gasteiger partial charge on any atom is 0.232 e. The van der Waals surface area contributed by atoms with Crippen LogP contribution < -0.4 is 4.90 Å². The van der Waals surface area contributed by atoms with Crippen molar-refractivity contribution in [1.29, 1.82) is 0 Å². The smallest absolute Gasteiger partial charge is 0.232 e. The van der Waals surface area contributed by atoms with Crippen LogP contribution in [0.25, 0.3) is 0 Å². The monoisotopic (exact) mass is 352 g/mol. The SMILES string of the molecule is O=C1CC(CS(=O)(=O)Cl)CN1c1cc(Br)ccn1. The molecule has 0 aromatic carbocycles. The number of hydrogen-bond acceptors (Lipinski definition) is 4. The van der Waals surface area contributed by atoms with Gasteiger partial charge < -0.3 is 0 Å². The van der Waals surface area contributed by atoms with Crippen molar-refractivity contribution in [1.82, 2.24) is 4.98 Å². The highest BCUT2D eigenvalue weighted by Crippen LogP contribution is 2.26. The molecule has 1 saturated heterocycles. The molecule has 0 bridgehead atoms. The Balaban J connectivity index is 2.15. The molecule has 0 spiro atoms. The molecule has 0 saturated carbocycles. The summed E-state index contributed by atoms with van der Waals surface area (Å²) in [6.45, 7) is 0.328. The number of rotatable bonds is 3. The fourth-order valence-corrected chi connectivity index (χ4v) is 3.58. The molecule has 1 aromatic heterocycles. The van der Waals surface area contributed by atoms with Crippen molar-refractivity contribution in [2.75, 3.05) is 17.2 Å². The second-order valence-corrected chi connectivity index (χ2v) is 7.85. The molecular formula is C10H10BrClN2O3S. The highest BCUT2D eigenvalue weighted by molar-refractivity contribution is 9.10. The minimum Gasteiger partial charge on any atom is -0.296 e. The maximum atomic E-state index is 11.8. The first-order chi connectivity index (χ1) is 8.35. The fourth-order valence-electron chi connectivity index (χ4n) is 1.94. The van der Waals surface area contributed by atoms with Gasteiger partial charge >= 0.3 is 0 Å². The zero-order valence-electron chi connectivity index (χ0n) is 9.21. The number of aromatic nitrogens is 1. The lowest BCUT2D eigenvalue weighted by molar-refractivity contribution is -0.117. The predicted octanol–water partition coefficient (Wildman–Crippen LogP) is 1.77. The van der Waals surface area contributed by atoms with E-state index in [4.69, 9.17) is 10.7 Å². The Bertz CT molecular complexity index is 578. The zero-order chi connectivity index (χ0) is 13.3. The Morgan fingerprint density at radius 2 is 2.28 bits per heavy atom. The summed E-state index contributed by atoms with van der Waals surface area (Å²) in [6, 6.07) is 3.47. The molecule has 1 atom stereocenters. The van der Waals surface area contributed by atoms with Gasteiger partial charge in [0.25, 0.3) is 0 Å². The van der Waals surface area contributed by atoms with Crippen molar-refractivity contribution in [2.24, 2.45) is 5.92 Å². The lowest BCUT2D eigenvalue weighted by Crippen LogP contribution is -2.26. The van der Waals surface area contributed by atoms with E-state index < -0.39 is 9.05 Å². The fraction of sp³-hybridized carbons (Fsp3) is 0.400. The third kappa shape index (κ3) is 3.43. The molecule has 2 heterocycles. The van der Waals surface area contributed by atoms with Crippen molar-refractivity contribution in [3.63, 3.8) is 0 Å². The van der Waals surface area contributed by atoms with Crippen molar-refractivity contribution < 1.29 is 13.2 Å². The predicted molar refractivity (Wildman–Crippen MR) is 72.0 cm³/mol. The van der Waals surface area contributed by atoms with Crippen LogP contribution in [0.5, 0.6) is 0 Å². The van der Waals surface area contributed by atoms with Gasteiger partial charge in [0.15, 0.2) is 0 Å². The molecule has 5 nitrogen and oxygen atoms in total. The van der Waals surface area contributed by atoms with E-state index in [0.29, 0.717) is 12.4 Å². The van der Waals surface area contributed by atoms with Crippen LogP contribution >= 0.6 is 26.6 Å². The van der Waals surface area contributed by atoms with Crippen LogP contribution in [0.1, 0.15) is 6.42 Å². The Hall–Kier alpha value is -0.660. The molecule has 0 radical (unpaired) electrons. The van der Waals surface area contributed by atoms with Gasteiger partial charge in [0, 0.05) is 40.2 Å². The quantitative estimate of drug-likeness (QED) is 0.777. The summed E-state index contributed by atoms with van der Waals surface area (Å²) in [5.41, 5.74) is 0. The van der Waals surface area contributed by atoms with Crippen molar-refractivity contribution in [3.8, 4) is 0 Å². The van der Waals surface area contributed by atoms with E-state index in [1.54, 1.807) is 18.3 Å². The summed E-state index contributed by atoms with van der Waals surface area (Å²) in [5, 5.41) is 0. The Labute approximate surface area is 118 Å². The van der Waals surface area contributed by atoms with Crippen LogP contribution in [-0.2, 0) is 13.8 Å².